The zero-order valence-corrected chi connectivity index (χ0v) is 15.9. The number of amides is 2. The first-order valence-electron chi connectivity index (χ1n) is 7.29. The molecule has 0 radical (unpaired) electrons. The number of carbonyl (C=O) groups is 2. The molecule has 0 aliphatic carbocycles. The highest BCUT2D eigenvalue weighted by Crippen LogP contribution is 2.50. The molecule has 0 fully saturated rings. The maximum absolute atomic E-state index is 12.1. The summed E-state index contributed by atoms with van der Waals surface area (Å²) in [5, 5.41) is 0.346. The van der Waals surface area contributed by atoms with E-state index in [2.05, 4.69) is 26.7 Å². The molecule has 0 aliphatic rings. The van der Waals surface area contributed by atoms with Crippen LogP contribution in [0.25, 0.3) is 0 Å². The molecule has 0 atom stereocenters. The lowest BCUT2D eigenvalue weighted by atomic mass is 10.5. The van der Waals surface area contributed by atoms with E-state index in [0.29, 0.717) is 25.2 Å². The Kier molecular flexibility index (Phi) is 11.0. The molecule has 0 spiro atoms. The van der Waals surface area contributed by atoms with E-state index in [1.54, 1.807) is 0 Å². The van der Waals surface area contributed by atoms with Crippen LogP contribution < -0.4 is 0 Å². The fourth-order valence-corrected chi connectivity index (χ4v) is 6.38. The summed E-state index contributed by atoms with van der Waals surface area (Å²) in [4.78, 5) is 25.3. The molecule has 0 aliphatic heterocycles. The molecule has 0 aromatic heterocycles. The summed E-state index contributed by atoms with van der Waals surface area (Å²) in [5.41, 5.74) is 0. The lowest BCUT2D eigenvalue weighted by Crippen LogP contribution is -2.42. The number of ether oxygens (including phenoxy) is 2. The maximum Gasteiger partial charge on any atom is 0.419 e. The van der Waals surface area contributed by atoms with Crippen LogP contribution in [0.5, 0.6) is 0 Å². The Hall–Kier alpha value is -0.400. The number of imide groups is 1. The SMILES string of the molecule is CCCOC(=O)N(CC(P(C)C)P(C)C)C(=O)OCCC. The topological polar surface area (TPSA) is 55.8 Å². The second kappa shape index (κ2) is 11.2. The third-order valence-electron chi connectivity index (χ3n) is 2.84. The molecular weight excluding hydrogens is 308 g/mol. The van der Waals surface area contributed by atoms with Crippen molar-refractivity contribution in [3.05, 3.63) is 0 Å². The van der Waals surface area contributed by atoms with E-state index in [1.165, 1.54) is 0 Å². The normalized spacial score (nSPS) is 11.1. The fourth-order valence-electron chi connectivity index (χ4n) is 1.71. The Bertz CT molecular complexity index is 296. The minimum absolute atomic E-state index is 0.240. The molecule has 0 aromatic rings. The van der Waals surface area contributed by atoms with Crippen molar-refractivity contribution in [3.63, 3.8) is 0 Å². The molecule has 0 heterocycles. The molecule has 0 rings (SSSR count). The van der Waals surface area contributed by atoms with Gasteiger partial charge in [0.05, 0.1) is 13.2 Å². The lowest BCUT2D eigenvalue weighted by Gasteiger charge is -2.30. The first-order chi connectivity index (χ1) is 9.84. The van der Waals surface area contributed by atoms with Gasteiger partial charge in [0.15, 0.2) is 0 Å². The Morgan fingerprint density at radius 3 is 1.57 bits per heavy atom. The Labute approximate surface area is 131 Å². The highest BCUT2D eigenvalue weighted by atomic mass is 31.2. The molecule has 21 heavy (non-hydrogen) atoms. The number of rotatable bonds is 8. The molecule has 0 bridgehead atoms. The molecule has 0 N–H and O–H groups in total. The third kappa shape index (κ3) is 7.97. The fraction of sp³-hybridized carbons (Fsp3) is 0.857. The molecule has 0 saturated heterocycles. The van der Waals surface area contributed by atoms with Gasteiger partial charge in [-0.25, -0.2) is 14.5 Å². The lowest BCUT2D eigenvalue weighted by molar-refractivity contribution is 0.0779. The summed E-state index contributed by atoms with van der Waals surface area (Å²) >= 11 is 0. The Morgan fingerprint density at radius 2 is 1.29 bits per heavy atom. The van der Waals surface area contributed by atoms with E-state index in [9.17, 15) is 9.59 Å². The van der Waals surface area contributed by atoms with Gasteiger partial charge in [0.25, 0.3) is 0 Å². The first kappa shape index (κ1) is 20.6. The molecule has 0 aromatic carbocycles. The number of hydrogen-bond donors (Lipinski definition) is 0. The van der Waals surface area contributed by atoms with Gasteiger partial charge in [-0.2, -0.15) is 0 Å². The van der Waals surface area contributed by atoms with Crippen LogP contribution in [-0.4, -0.2) is 68.9 Å². The predicted molar refractivity (Wildman–Crippen MR) is 91.3 cm³/mol. The molecular formula is C14H29NO4P2. The highest BCUT2D eigenvalue weighted by molar-refractivity contribution is 7.74. The van der Waals surface area contributed by atoms with Gasteiger partial charge >= 0.3 is 12.2 Å². The molecule has 0 saturated carbocycles. The standard InChI is InChI=1S/C14H29NO4P2/c1-7-9-18-13(16)15(14(17)19-10-8-2)11-12(20(3)4)21(5)6/h12H,7-11H2,1-6H3. The van der Waals surface area contributed by atoms with Gasteiger partial charge in [0.1, 0.15) is 0 Å². The predicted octanol–water partition coefficient (Wildman–Crippen LogP) is 4.19. The minimum Gasteiger partial charge on any atom is -0.449 e. The van der Waals surface area contributed by atoms with E-state index in [0.717, 1.165) is 17.7 Å². The van der Waals surface area contributed by atoms with Crippen molar-refractivity contribution < 1.29 is 19.1 Å². The molecule has 2 amide bonds. The van der Waals surface area contributed by atoms with E-state index < -0.39 is 12.2 Å². The zero-order chi connectivity index (χ0) is 16.4. The first-order valence-corrected chi connectivity index (χ1v) is 11.9. The van der Waals surface area contributed by atoms with Crippen LogP contribution in [0.15, 0.2) is 0 Å². The van der Waals surface area contributed by atoms with Gasteiger partial charge in [-0.15, -0.1) is 15.8 Å². The second-order valence-electron chi connectivity index (χ2n) is 5.25. The second-order valence-corrected chi connectivity index (χ2v) is 10.8. The molecule has 7 heteroatoms. The van der Waals surface area contributed by atoms with Gasteiger partial charge in [-0.1, -0.05) is 13.8 Å². The largest absolute Gasteiger partial charge is 0.449 e. The van der Waals surface area contributed by atoms with Crippen molar-refractivity contribution in [3.8, 4) is 0 Å². The monoisotopic (exact) mass is 337 g/mol. The van der Waals surface area contributed by atoms with Crippen LogP contribution >= 0.6 is 15.8 Å². The van der Waals surface area contributed by atoms with Gasteiger partial charge in [0.2, 0.25) is 0 Å². The van der Waals surface area contributed by atoms with Gasteiger partial charge in [-0.05, 0) is 39.5 Å². The molecule has 124 valence electrons. The summed E-state index contributed by atoms with van der Waals surface area (Å²) in [6.07, 6.45) is 0.291. The van der Waals surface area contributed by atoms with E-state index >= 15 is 0 Å². The van der Waals surface area contributed by atoms with Gasteiger partial charge < -0.3 is 9.47 Å². The number of hydrogen-bond acceptors (Lipinski definition) is 4. The molecule has 5 nitrogen and oxygen atoms in total. The minimum atomic E-state index is -0.586. The van der Waals surface area contributed by atoms with Crippen LogP contribution in [-0.2, 0) is 9.47 Å². The summed E-state index contributed by atoms with van der Waals surface area (Å²) in [6.45, 7) is 13.6. The summed E-state index contributed by atoms with van der Waals surface area (Å²) in [6, 6.07) is 0. The van der Waals surface area contributed by atoms with Crippen molar-refractivity contribution in [2.24, 2.45) is 0 Å². The summed E-state index contributed by atoms with van der Waals surface area (Å²) < 4.78 is 10.2. The summed E-state index contributed by atoms with van der Waals surface area (Å²) in [7, 11) is -0.479. The number of nitrogens with zero attached hydrogens (tertiary/aromatic N) is 1. The summed E-state index contributed by atoms with van der Waals surface area (Å²) in [5.74, 6) is 0. The van der Waals surface area contributed by atoms with E-state index in [4.69, 9.17) is 9.47 Å². The van der Waals surface area contributed by atoms with Crippen LogP contribution in [0.2, 0.25) is 0 Å². The Morgan fingerprint density at radius 1 is 0.905 bits per heavy atom. The van der Waals surface area contributed by atoms with Crippen LogP contribution in [0.1, 0.15) is 26.7 Å². The van der Waals surface area contributed by atoms with Crippen molar-refractivity contribution in [2.45, 2.75) is 32.1 Å². The smallest absolute Gasteiger partial charge is 0.419 e. The van der Waals surface area contributed by atoms with Crippen molar-refractivity contribution >= 4 is 28.0 Å². The average Bonchev–Trinajstić information content (AvgIpc) is 2.42. The highest BCUT2D eigenvalue weighted by Gasteiger charge is 2.30. The van der Waals surface area contributed by atoms with Crippen molar-refractivity contribution in [1.29, 1.82) is 0 Å². The van der Waals surface area contributed by atoms with E-state index in [1.807, 2.05) is 13.8 Å². The third-order valence-corrected chi connectivity index (χ3v) is 8.32. The van der Waals surface area contributed by atoms with Gasteiger partial charge in [0, 0.05) is 11.9 Å². The quantitative estimate of drug-likeness (QED) is 0.623. The average molecular weight is 337 g/mol. The van der Waals surface area contributed by atoms with Crippen LogP contribution in [0.3, 0.4) is 0 Å². The maximum atomic E-state index is 12.1. The number of carbonyl (C=O) groups excluding carboxylic acids is 2. The zero-order valence-electron chi connectivity index (χ0n) is 14.1. The van der Waals surface area contributed by atoms with Gasteiger partial charge in [-0.3, -0.25) is 0 Å². The van der Waals surface area contributed by atoms with E-state index in [-0.39, 0.29) is 15.8 Å². The molecule has 0 unspecified atom stereocenters. The van der Waals surface area contributed by atoms with Crippen LogP contribution in [0, 0.1) is 0 Å². The van der Waals surface area contributed by atoms with Crippen molar-refractivity contribution in [2.75, 3.05) is 46.4 Å². The van der Waals surface area contributed by atoms with Crippen molar-refractivity contribution in [1.82, 2.24) is 4.90 Å². The van der Waals surface area contributed by atoms with Crippen LogP contribution in [0.4, 0.5) is 9.59 Å². The Balaban J connectivity index is 4.93.